The molecule has 2 aliphatic rings. The van der Waals surface area contributed by atoms with Gasteiger partial charge in [-0.2, -0.15) is 0 Å². The van der Waals surface area contributed by atoms with Crippen LogP contribution >= 0.6 is 0 Å². The molecule has 1 heterocycles. The van der Waals surface area contributed by atoms with Gasteiger partial charge in [0, 0.05) is 31.5 Å². The summed E-state index contributed by atoms with van der Waals surface area (Å²) in [5, 5.41) is 3.18. The Kier molecular flexibility index (Phi) is 8.57. The van der Waals surface area contributed by atoms with Crippen molar-refractivity contribution in [3.8, 4) is 0 Å². The predicted molar refractivity (Wildman–Crippen MR) is 117 cm³/mol. The molecule has 0 unspecified atom stereocenters. The average Bonchev–Trinajstić information content (AvgIpc) is 2.77. The van der Waals surface area contributed by atoms with Crippen molar-refractivity contribution in [1.82, 2.24) is 10.2 Å². The van der Waals surface area contributed by atoms with E-state index in [9.17, 15) is 9.59 Å². The first-order valence-electron chi connectivity index (χ1n) is 11.8. The lowest BCUT2D eigenvalue weighted by atomic mass is 9.79. The molecule has 0 bridgehead atoms. The molecule has 1 aliphatic heterocycles. The normalized spacial score (nSPS) is 23.0. The highest BCUT2D eigenvalue weighted by atomic mass is 16.2. The number of piperidine rings is 1. The van der Waals surface area contributed by atoms with E-state index in [0.29, 0.717) is 12.3 Å². The SMILES string of the molecule is CCCCC1CCC(C(=O)N2CCC(NC(=O)CCc3ccccc3)CC2)CC1. The van der Waals surface area contributed by atoms with Crippen LogP contribution in [0.15, 0.2) is 30.3 Å². The van der Waals surface area contributed by atoms with Gasteiger partial charge in [0.15, 0.2) is 0 Å². The molecule has 0 spiro atoms. The van der Waals surface area contributed by atoms with Gasteiger partial charge in [-0.05, 0) is 56.4 Å². The number of carbonyl (C=O) groups excluding carboxylic acids is 2. The number of unbranched alkanes of at least 4 members (excludes halogenated alkanes) is 1. The van der Waals surface area contributed by atoms with Crippen molar-refractivity contribution in [3.05, 3.63) is 35.9 Å². The highest BCUT2D eigenvalue weighted by Gasteiger charge is 2.31. The maximum absolute atomic E-state index is 12.9. The summed E-state index contributed by atoms with van der Waals surface area (Å²) in [7, 11) is 0. The monoisotopic (exact) mass is 398 g/mol. The van der Waals surface area contributed by atoms with E-state index < -0.39 is 0 Å². The van der Waals surface area contributed by atoms with Crippen molar-refractivity contribution < 1.29 is 9.59 Å². The Morgan fingerprint density at radius 2 is 1.69 bits per heavy atom. The lowest BCUT2D eigenvalue weighted by Gasteiger charge is -2.36. The van der Waals surface area contributed by atoms with E-state index in [1.165, 1.54) is 37.7 Å². The van der Waals surface area contributed by atoms with Crippen molar-refractivity contribution in [2.45, 2.75) is 83.6 Å². The molecule has 1 aromatic carbocycles. The molecule has 1 N–H and O–H groups in total. The number of hydrogen-bond acceptors (Lipinski definition) is 2. The highest BCUT2D eigenvalue weighted by Crippen LogP contribution is 2.33. The number of nitrogens with one attached hydrogen (secondary N) is 1. The van der Waals surface area contributed by atoms with Crippen molar-refractivity contribution in [2.24, 2.45) is 11.8 Å². The first-order chi connectivity index (χ1) is 14.2. The fourth-order valence-corrected chi connectivity index (χ4v) is 4.90. The number of hydrogen-bond donors (Lipinski definition) is 1. The molecule has 1 saturated heterocycles. The third-order valence-corrected chi connectivity index (χ3v) is 6.82. The highest BCUT2D eigenvalue weighted by molar-refractivity contribution is 5.79. The van der Waals surface area contributed by atoms with Gasteiger partial charge in [-0.15, -0.1) is 0 Å². The van der Waals surface area contributed by atoms with E-state index in [1.807, 2.05) is 18.2 Å². The number of nitrogens with zero attached hydrogens (tertiary/aromatic N) is 1. The van der Waals surface area contributed by atoms with E-state index in [4.69, 9.17) is 0 Å². The summed E-state index contributed by atoms with van der Waals surface area (Å²) < 4.78 is 0. The van der Waals surface area contributed by atoms with Gasteiger partial charge in [-0.25, -0.2) is 0 Å². The molecule has 1 aromatic rings. The number of aryl methyl sites for hydroxylation is 1. The summed E-state index contributed by atoms with van der Waals surface area (Å²) in [6.45, 7) is 3.83. The summed E-state index contributed by atoms with van der Waals surface area (Å²) in [6.07, 6.45) is 11.6. The number of benzene rings is 1. The molecule has 2 fully saturated rings. The maximum Gasteiger partial charge on any atom is 0.225 e. The lowest BCUT2D eigenvalue weighted by molar-refractivity contribution is -0.138. The van der Waals surface area contributed by atoms with Crippen LogP contribution in [0.5, 0.6) is 0 Å². The Labute approximate surface area is 176 Å². The molecule has 2 amide bonds. The molecule has 0 radical (unpaired) electrons. The molecule has 160 valence electrons. The summed E-state index contributed by atoms with van der Waals surface area (Å²) in [5.74, 6) is 1.58. The summed E-state index contributed by atoms with van der Waals surface area (Å²) >= 11 is 0. The van der Waals surface area contributed by atoms with Gasteiger partial charge in [0.1, 0.15) is 0 Å². The minimum absolute atomic E-state index is 0.129. The second-order valence-corrected chi connectivity index (χ2v) is 9.01. The van der Waals surface area contributed by atoms with Crippen LogP contribution in [0.1, 0.15) is 76.7 Å². The second-order valence-electron chi connectivity index (χ2n) is 9.01. The Bertz CT molecular complexity index is 629. The van der Waals surface area contributed by atoms with Gasteiger partial charge in [-0.3, -0.25) is 9.59 Å². The Morgan fingerprint density at radius 3 is 2.34 bits per heavy atom. The van der Waals surface area contributed by atoms with Gasteiger partial charge in [0.25, 0.3) is 0 Å². The van der Waals surface area contributed by atoms with Crippen molar-refractivity contribution in [2.75, 3.05) is 13.1 Å². The zero-order chi connectivity index (χ0) is 20.5. The smallest absolute Gasteiger partial charge is 0.225 e. The van der Waals surface area contributed by atoms with E-state index >= 15 is 0 Å². The quantitative estimate of drug-likeness (QED) is 0.689. The molecule has 0 aromatic heterocycles. The Morgan fingerprint density at radius 1 is 1.00 bits per heavy atom. The average molecular weight is 399 g/mol. The van der Waals surface area contributed by atoms with Gasteiger partial charge < -0.3 is 10.2 Å². The molecule has 4 nitrogen and oxygen atoms in total. The fourth-order valence-electron chi connectivity index (χ4n) is 4.90. The van der Waals surface area contributed by atoms with Crippen LogP contribution < -0.4 is 5.32 Å². The summed E-state index contributed by atoms with van der Waals surface area (Å²) in [4.78, 5) is 27.2. The zero-order valence-electron chi connectivity index (χ0n) is 18.1. The van der Waals surface area contributed by atoms with Crippen LogP contribution in [0.4, 0.5) is 0 Å². The number of carbonyl (C=O) groups is 2. The minimum atomic E-state index is 0.129. The molecule has 1 saturated carbocycles. The predicted octanol–water partition coefficient (Wildman–Crippen LogP) is 4.72. The second kappa shape index (κ2) is 11.4. The molecule has 0 atom stereocenters. The standard InChI is InChI=1S/C25H38N2O2/c1-2-3-7-21-10-13-22(14-11-21)25(29)27-18-16-23(17-19-27)26-24(28)15-12-20-8-5-4-6-9-20/h4-6,8-9,21-23H,2-3,7,10-19H2,1H3,(H,26,28). The first-order valence-corrected chi connectivity index (χ1v) is 11.8. The number of amides is 2. The first kappa shape index (κ1) is 21.9. The Balaban J connectivity index is 1.33. The fraction of sp³-hybridized carbons (Fsp3) is 0.680. The van der Waals surface area contributed by atoms with Gasteiger partial charge in [0.2, 0.25) is 11.8 Å². The summed E-state index contributed by atoms with van der Waals surface area (Å²) in [5.41, 5.74) is 1.20. The minimum Gasteiger partial charge on any atom is -0.353 e. The van der Waals surface area contributed by atoms with Crippen LogP contribution in [0, 0.1) is 11.8 Å². The van der Waals surface area contributed by atoms with Crippen molar-refractivity contribution in [1.29, 1.82) is 0 Å². The van der Waals surface area contributed by atoms with E-state index in [1.54, 1.807) is 0 Å². The van der Waals surface area contributed by atoms with E-state index in [2.05, 4.69) is 29.3 Å². The van der Waals surface area contributed by atoms with Crippen molar-refractivity contribution >= 4 is 11.8 Å². The van der Waals surface area contributed by atoms with Gasteiger partial charge in [-0.1, -0.05) is 56.5 Å². The van der Waals surface area contributed by atoms with Crippen LogP contribution in [0.2, 0.25) is 0 Å². The number of rotatable bonds is 8. The van der Waals surface area contributed by atoms with Crippen LogP contribution in [-0.2, 0) is 16.0 Å². The van der Waals surface area contributed by atoms with Crippen LogP contribution in [0.3, 0.4) is 0 Å². The molecule has 1 aliphatic carbocycles. The van der Waals surface area contributed by atoms with Gasteiger partial charge >= 0.3 is 0 Å². The molecule has 3 rings (SSSR count). The summed E-state index contributed by atoms with van der Waals surface area (Å²) in [6, 6.07) is 10.4. The van der Waals surface area contributed by atoms with Crippen LogP contribution in [0.25, 0.3) is 0 Å². The third-order valence-electron chi connectivity index (χ3n) is 6.82. The van der Waals surface area contributed by atoms with E-state index in [-0.39, 0.29) is 17.9 Å². The number of likely N-dealkylation sites (tertiary alicyclic amines) is 1. The topological polar surface area (TPSA) is 49.4 Å². The molecular weight excluding hydrogens is 360 g/mol. The third kappa shape index (κ3) is 6.87. The largest absolute Gasteiger partial charge is 0.353 e. The zero-order valence-corrected chi connectivity index (χ0v) is 18.1. The molecule has 29 heavy (non-hydrogen) atoms. The molecular formula is C25H38N2O2. The van der Waals surface area contributed by atoms with Crippen molar-refractivity contribution in [3.63, 3.8) is 0 Å². The van der Waals surface area contributed by atoms with Crippen LogP contribution in [-0.4, -0.2) is 35.8 Å². The lowest BCUT2D eigenvalue weighted by Crippen LogP contribution is -2.48. The van der Waals surface area contributed by atoms with Gasteiger partial charge in [0.05, 0.1) is 0 Å². The Hall–Kier alpha value is -1.84. The van der Waals surface area contributed by atoms with E-state index in [0.717, 1.165) is 51.1 Å². The maximum atomic E-state index is 12.9. The molecule has 4 heteroatoms.